The van der Waals surface area contributed by atoms with Gasteiger partial charge in [0.05, 0.1) is 11.4 Å². The van der Waals surface area contributed by atoms with Crippen molar-refractivity contribution in [2.45, 2.75) is 10.9 Å². The molecule has 0 spiro atoms. The number of nitrogens with zero attached hydrogens (tertiary/aromatic N) is 6. The minimum atomic E-state index is -0.327. The number of aromatic nitrogens is 6. The van der Waals surface area contributed by atoms with Crippen LogP contribution in [-0.4, -0.2) is 29.7 Å². The fourth-order valence-electron chi connectivity index (χ4n) is 2.48. The number of nitrogen functional groups attached to an aromatic ring is 1. The fourth-order valence-corrected chi connectivity index (χ4v) is 3.44. The molecule has 0 fully saturated rings. The lowest BCUT2D eigenvalue weighted by molar-refractivity contribution is 0.628. The summed E-state index contributed by atoms with van der Waals surface area (Å²) in [7, 11) is 0. The van der Waals surface area contributed by atoms with Gasteiger partial charge in [0.25, 0.3) is 0 Å². The van der Waals surface area contributed by atoms with E-state index < -0.39 is 0 Å². The molecule has 2 aromatic carbocycles. The van der Waals surface area contributed by atoms with Gasteiger partial charge < -0.3 is 11.1 Å². The third-order valence-electron chi connectivity index (χ3n) is 3.73. The lowest BCUT2D eigenvalue weighted by Gasteiger charge is -2.08. The molecule has 0 saturated heterocycles. The topological polar surface area (TPSA) is 107 Å². The summed E-state index contributed by atoms with van der Waals surface area (Å²) in [5.74, 6) is 0.885. The van der Waals surface area contributed by atoms with Gasteiger partial charge in [-0.3, -0.25) is 4.57 Å². The molecule has 0 atom stereocenters. The number of halogens is 2. The number of anilines is 3. The van der Waals surface area contributed by atoms with Crippen LogP contribution in [0, 0.1) is 5.82 Å². The minimum Gasteiger partial charge on any atom is -0.368 e. The molecule has 0 aliphatic rings. The Bertz CT molecular complexity index is 1130. The summed E-state index contributed by atoms with van der Waals surface area (Å²) >= 11 is 7.46. The average Bonchev–Trinajstić information content (AvgIpc) is 3.16. The molecule has 0 amide bonds. The van der Waals surface area contributed by atoms with Gasteiger partial charge in [-0.1, -0.05) is 29.4 Å². The molecule has 0 aliphatic carbocycles. The third-order valence-corrected chi connectivity index (χ3v) is 4.91. The first kappa shape index (κ1) is 19.1. The second kappa shape index (κ2) is 8.41. The van der Waals surface area contributed by atoms with Crippen molar-refractivity contribution in [2.24, 2.45) is 0 Å². The molecule has 4 aromatic rings. The number of thioether (sulfide) groups is 1. The maximum absolute atomic E-state index is 13.1. The fraction of sp³-hybridized carbons (Fsp3) is 0.0556. The summed E-state index contributed by atoms with van der Waals surface area (Å²) in [4.78, 5) is 12.6. The molecular weight excluding hydrogens is 415 g/mol. The highest BCUT2D eigenvalue weighted by Crippen LogP contribution is 2.24. The zero-order chi connectivity index (χ0) is 20.2. The molecule has 4 rings (SSSR count). The van der Waals surface area contributed by atoms with Gasteiger partial charge >= 0.3 is 0 Å². The molecule has 0 bridgehead atoms. The zero-order valence-electron chi connectivity index (χ0n) is 14.8. The van der Waals surface area contributed by atoms with E-state index in [0.29, 0.717) is 27.4 Å². The monoisotopic (exact) mass is 428 g/mol. The maximum Gasteiger partial charge on any atom is 0.232 e. The normalized spacial score (nSPS) is 10.8. The minimum absolute atomic E-state index is 0.0801. The van der Waals surface area contributed by atoms with Gasteiger partial charge in [0.1, 0.15) is 18.0 Å². The Hall–Kier alpha value is -3.24. The van der Waals surface area contributed by atoms with Crippen molar-refractivity contribution >= 4 is 40.9 Å². The third kappa shape index (κ3) is 4.79. The van der Waals surface area contributed by atoms with Crippen LogP contribution in [0.4, 0.5) is 22.0 Å². The van der Waals surface area contributed by atoms with Gasteiger partial charge in [-0.25, -0.2) is 4.39 Å². The molecule has 2 heterocycles. The first-order chi connectivity index (χ1) is 14.1. The second-order valence-electron chi connectivity index (χ2n) is 5.82. The van der Waals surface area contributed by atoms with Crippen LogP contribution in [0.3, 0.4) is 0 Å². The van der Waals surface area contributed by atoms with Crippen LogP contribution < -0.4 is 11.1 Å². The first-order valence-corrected chi connectivity index (χ1v) is 9.75. The molecule has 0 radical (unpaired) electrons. The molecule has 0 aliphatic heterocycles. The highest BCUT2D eigenvalue weighted by molar-refractivity contribution is 7.98. The molecule has 2 aromatic heterocycles. The van der Waals surface area contributed by atoms with Gasteiger partial charge in [0.2, 0.25) is 11.9 Å². The number of nitrogens with one attached hydrogen (secondary N) is 1. The molecule has 3 N–H and O–H groups in total. The van der Waals surface area contributed by atoms with Gasteiger partial charge in [-0.05, 0) is 42.5 Å². The largest absolute Gasteiger partial charge is 0.368 e. The Labute approximate surface area is 174 Å². The molecule has 29 heavy (non-hydrogen) atoms. The van der Waals surface area contributed by atoms with Gasteiger partial charge in [-0.2, -0.15) is 15.0 Å². The summed E-state index contributed by atoms with van der Waals surface area (Å²) in [6.45, 7) is 0. The molecule has 11 heteroatoms. The number of hydrogen-bond acceptors (Lipinski definition) is 8. The predicted octanol–water partition coefficient (Wildman–Crippen LogP) is 3.86. The summed E-state index contributed by atoms with van der Waals surface area (Å²) < 4.78 is 14.9. The number of rotatable bonds is 6. The van der Waals surface area contributed by atoms with Crippen molar-refractivity contribution in [1.29, 1.82) is 0 Å². The lowest BCUT2D eigenvalue weighted by Crippen LogP contribution is -2.07. The highest BCUT2D eigenvalue weighted by atomic mass is 35.5. The lowest BCUT2D eigenvalue weighted by atomic mass is 10.3. The van der Waals surface area contributed by atoms with Crippen molar-refractivity contribution in [1.82, 2.24) is 29.7 Å². The van der Waals surface area contributed by atoms with E-state index in [9.17, 15) is 4.39 Å². The standard InChI is InChI=1S/C18H14ClFN8S/c19-11-2-1-3-14(8-11)28-10-22-27-18(28)29-9-15-24-16(21)26-17(25-15)23-13-6-4-12(20)5-7-13/h1-8,10H,9H2,(H3,21,23,24,25,26). The number of nitrogens with two attached hydrogens (primary N) is 1. The van der Waals surface area contributed by atoms with Crippen molar-refractivity contribution in [3.05, 3.63) is 71.5 Å². The van der Waals surface area contributed by atoms with Crippen LogP contribution in [0.1, 0.15) is 5.82 Å². The number of benzene rings is 2. The zero-order valence-corrected chi connectivity index (χ0v) is 16.4. The number of hydrogen-bond donors (Lipinski definition) is 2. The Morgan fingerprint density at radius 2 is 1.93 bits per heavy atom. The Morgan fingerprint density at radius 1 is 1.10 bits per heavy atom. The predicted molar refractivity (Wildman–Crippen MR) is 110 cm³/mol. The van der Waals surface area contributed by atoms with Crippen molar-refractivity contribution < 1.29 is 4.39 Å². The summed E-state index contributed by atoms with van der Waals surface area (Å²) in [6.07, 6.45) is 1.61. The molecule has 146 valence electrons. The van der Waals surface area contributed by atoms with Crippen LogP contribution in [0.5, 0.6) is 0 Å². The van der Waals surface area contributed by atoms with E-state index in [4.69, 9.17) is 17.3 Å². The smallest absolute Gasteiger partial charge is 0.232 e. The quantitative estimate of drug-likeness (QED) is 0.446. The van der Waals surface area contributed by atoms with Crippen molar-refractivity contribution in [3.8, 4) is 5.69 Å². The first-order valence-electron chi connectivity index (χ1n) is 8.38. The van der Waals surface area contributed by atoms with E-state index in [1.165, 1.54) is 23.9 Å². The summed E-state index contributed by atoms with van der Waals surface area (Å²) in [5.41, 5.74) is 7.29. The van der Waals surface area contributed by atoms with E-state index in [-0.39, 0.29) is 17.7 Å². The molecular formula is C18H14ClFN8S. The van der Waals surface area contributed by atoms with Crippen LogP contribution in [0.2, 0.25) is 5.02 Å². The van der Waals surface area contributed by atoms with Gasteiger partial charge in [0, 0.05) is 10.7 Å². The van der Waals surface area contributed by atoms with E-state index in [0.717, 1.165) is 5.69 Å². The molecule has 0 saturated carbocycles. The maximum atomic E-state index is 13.1. The Kier molecular flexibility index (Phi) is 5.54. The van der Waals surface area contributed by atoms with E-state index in [1.54, 1.807) is 24.5 Å². The van der Waals surface area contributed by atoms with Crippen molar-refractivity contribution in [3.63, 3.8) is 0 Å². The second-order valence-corrected chi connectivity index (χ2v) is 7.20. The molecule has 8 nitrogen and oxygen atoms in total. The van der Waals surface area contributed by atoms with Gasteiger partial charge in [-0.15, -0.1) is 10.2 Å². The molecule has 0 unspecified atom stereocenters. The van der Waals surface area contributed by atoms with Crippen LogP contribution in [0.25, 0.3) is 5.69 Å². The SMILES string of the molecule is Nc1nc(CSc2nncn2-c2cccc(Cl)c2)nc(Nc2ccc(F)cc2)n1. The summed E-state index contributed by atoms with van der Waals surface area (Å²) in [5, 5.41) is 12.4. The average molecular weight is 429 g/mol. The van der Waals surface area contributed by atoms with Crippen LogP contribution in [-0.2, 0) is 5.75 Å². The van der Waals surface area contributed by atoms with E-state index in [1.807, 2.05) is 22.8 Å². The Morgan fingerprint density at radius 3 is 2.72 bits per heavy atom. The van der Waals surface area contributed by atoms with E-state index in [2.05, 4.69) is 30.5 Å². The summed E-state index contributed by atoms with van der Waals surface area (Å²) in [6, 6.07) is 13.2. The van der Waals surface area contributed by atoms with Crippen molar-refractivity contribution in [2.75, 3.05) is 11.1 Å². The Balaban J connectivity index is 1.50. The van der Waals surface area contributed by atoms with Crippen LogP contribution >= 0.6 is 23.4 Å². The van der Waals surface area contributed by atoms with Gasteiger partial charge in [0.15, 0.2) is 5.16 Å². The van der Waals surface area contributed by atoms with Crippen LogP contribution in [0.15, 0.2) is 60.0 Å². The van der Waals surface area contributed by atoms with E-state index >= 15 is 0 Å². The highest BCUT2D eigenvalue weighted by Gasteiger charge is 2.11.